The smallest absolute Gasteiger partial charge is 0.272 e. The van der Waals surface area contributed by atoms with Crippen LogP contribution in [0.2, 0.25) is 0 Å². The third-order valence-corrected chi connectivity index (χ3v) is 6.05. The van der Waals surface area contributed by atoms with Crippen molar-refractivity contribution in [3.05, 3.63) is 101 Å². The molecular formula is C26H23FN4O2. The van der Waals surface area contributed by atoms with Crippen LogP contribution in [-0.4, -0.2) is 36.3 Å². The summed E-state index contributed by atoms with van der Waals surface area (Å²) < 4.78 is 14.8. The van der Waals surface area contributed by atoms with Crippen LogP contribution in [0.1, 0.15) is 22.3 Å². The molecule has 2 aliphatic rings. The van der Waals surface area contributed by atoms with Crippen LogP contribution in [0.3, 0.4) is 0 Å². The molecule has 6 nitrogen and oxygen atoms in total. The zero-order valence-corrected chi connectivity index (χ0v) is 17.9. The molecule has 166 valence electrons. The zero-order chi connectivity index (χ0) is 22.9. The topological polar surface area (TPSA) is 87.8 Å². The quantitative estimate of drug-likeness (QED) is 0.637. The van der Waals surface area contributed by atoms with Crippen molar-refractivity contribution in [2.45, 2.75) is 25.0 Å². The third kappa shape index (κ3) is 3.91. The molecular weight excluding hydrogens is 419 g/mol. The van der Waals surface area contributed by atoms with Crippen molar-refractivity contribution >= 4 is 23.2 Å². The zero-order valence-electron chi connectivity index (χ0n) is 17.9. The number of amides is 2. The maximum atomic E-state index is 14.8. The summed E-state index contributed by atoms with van der Waals surface area (Å²) in [6.45, 7) is 0.480. The molecule has 2 heterocycles. The average molecular weight is 442 g/mol. The lowest BCUT2D eigenvalue weighted by atomic mass is 9.98. The average Bonchev–Trinajstić information content (AvgIpc) is 3.22. The molecule has 7 heteroatoms. The van der Waals surface area contributed by atoms with Gasteiger partial charge in [0.25, 0.3) is 5.91 Å². The number of nitrogens with zero attached hydrogens (tertiary/aromatic N) is 2. The van der Waals surface area contributed by atoms with Gasteiger partial charge in [-0.25, -0.2) is 9.38 Å². The highest BCUT2D eigenvalue weighted by molar-refractivity contribution is 6.21. The molecule has 2 amide bonds. The second-order valence-electron chi connectivity index (χ2n) is 8.22. The van der Waals surface area contributed by atoms with Crippen molar-refractivity contribution in [1.82, 2.24) is 5.32 Å². The van der Waals surface area contributed by atoms with E-state index >= 15 is 0 Å². The summed E-state index contributed by atoms with van der Waals surface area (Å²) in [5.74, 6) is -1.29. The normalized spacial score (nSPS) is 17.8. The number of aliphatic imine (C=N–C) groups is 1. The lowest BCUT2D eigenvalue weighted by Gasteiger charge is -2.22. The Morgan fingerprint density at radius 3 is 2.58 bits per heavy atom. The van der Waals surface area contributed by atoms with Gasteiger partial charge < -0.3 is 16.0 Å². The van der Waals surface area contributed by atoms with Crippen molar-refractivity contribution < 1.29 is 14.0 Å². The van der Waals surface area contributed by atoms with Crippen molar-refractivity contribution in [3.8, 4) is 0 Å². The molecule has 2 atom stereocenters. The summed E-state index contributed by atoms with van der Waals surface area (Å²) in [5, 5.41) is 2.71. The standard InChI is InChI=1S/C26H23FN4O2/c27-20-12-5-4-10-18(20)22-19-11-6-9-17-13-14-31(23(17)19)26(33)24(29-22)30-25(32)21(28)15-16-7-2-1-3-8-16/h1-12,21,24H,13-15,28H2,(H,30,32)/t21-,24?/m0/s1. The van der Waals surface area contributed by atoms with Crippen molar-refractivity contribution in [2.24, 2.45) is 10.7 Å². The van der Waals surface area contributed by atoms with Crippen LogP contribution in [0.5, 0.6) is 0 Å². The Labute approximate surface area is 190 Å². The SMILES string of the molecule is N[C@@H](Cc1ccccc1)C(=O)NC1N=C(c2ccccc2F)c2cccc3c2N(CC3)C1=O. The number of nitrogens with two attached hydrogens (primary N) is 1. The number of halogens is 1. The summed E-state index contributed by atoms with van der Waals surface area (Å²) in [6.07, 6.45) is -0.188. The Balaban J connectivity index is 1.51. The summed E-state index contributed by atoms with van der Waals surface area (Å²) in [5.41, 5.74) is 10.1. The maximum Gasteiger partial charge on any atom is 0.272 e. The molecule has 5 rings (SSSR count). The van der Waals surface area contributed by atoms with Crippen molar-refractivity contribution in [3.63, 3.8) is 0 Å². The lowest BCUT2D eigenvalue weighted by Crippen LogP contribution is -2.52. The summed E-state index contributed by atoms with van der Waals surface area (Å²) >= 11 is 0. The Morgan fingerprint density at radius 2 is 1.79 bits per heavy atom. The monoisotopic (exact) mass is 442 g/mol. The molecule has 2 aliphatic heterocycles. The van der Waals surface area contributed by atoms with Gasteiger partial charge >= 0.3 is 0 Å². The second kappa shape index (κ2) is 8.60. The molecule has 0 aromatic heterocycles. The Morgan fingerprint density at radius 1 is 1.06 bits per heavy atom. The predicted octanol–water partition coefficient (Wildman–Crippen LogP) is 2.58. The van der Waals surface area contributed by atoms with Gasteiger partial charge in [-0.15, -0.1) is 0 Å². The van der Waals surface area contributed by atoms with Gasteiger partial charge in [0.05, 0.1) is 17.4 Å². The molecule has 1 unspecified atom stereocenters. The second-order valence-corrected chi connectivity index (χ2v) is 8.22. The molecule has 0 spiro atoms. The highest BCUT2D eigenvalue weighted by Gasteiger charge is 2.37. The lowest BCUT2D eigenvalue weighted by molar-refractivity contribution is -0.128. The first-order valence-corrected chi connectivity index (χ1v) is 10.9. The molecule has 3 aromatic carbocycles. The van der Waals surface area contributed by atoms with E-state index in [1.807, 2.05) is 48.5 Å². The fraction of sp³-hybridized carbons (Fsp3) is 0.192. The number of hydrogen-bond acceptors (Lipinski definition) is 4. The largest absolute Gasteiger partial charge is 0.325 e. The van der Waals surface area contributed by atoms with Gasteiger partial charge in [-0.05, 0) is 36.1 Å². The Hall–Kier alpha value is -3.84. The van der Waals surface area contributed by atoms with Crippen LogP contribution >= 0.6 is 0 Å². The molecule has 0 saturated carbocycles. The minimum absolute atomic E-state index is 0.278. The van der Waals surface area contributed by atoms with Gasteiger partial charge in [0.1, 0.15) is 5.82 Å². The summed E-state index contributed by atoms with van der Waals surface area (Å²) in [4.78, 5) is 32.6. The van der Waals surface area contributed by atoms with Crippen molar-refractivity contribution in [1.29, 1.82) is 0 Å². The number of nitrogens with one attached hydrogen (secondary N) is 1. The van der Waals surface area contributed by atoms with E-state index in [0.29, 0.717) is 30.7 Å². The molecule has 0 fully saturated rings. The van der Waals surface area contributed by atoms with Crippen LogP contribution in [0.15, 0.2) is 77.8 Å². The summed E-state index contributed by atoms with van der Waals surface area (Å²) in [6, 6.07) is 20.5. The Kier molecular flexibility index (Phi) is 5.48. The van der Waals surface area contributed by atoms with Gasteiger partial charge in [0.15, 0.2) is 0 Å². The minimum Gasteiger partial charge on any atom is -0.325 e. The number of carbonyl (C=O) groups is 2. The highest BCUT2D eigenvalue weighted by Crippen LogP contribution is 2.36. The number of anilines is 1. The molecule has 0 saturated heterocycles. The number of benzene rings is 3. The van der Waals surface area contributed by atoms with E-state index in [2.05, 4.69) is 10.3 Å². The minimum atomic E-state index is -1.20. The fourth-order valence-electron chi connectivity index (χ4n) is 4.43. The fourth-order valence-corrected chi connectivity index (χ4v) is 4.43. The van der Waals surface area contributed by atoms with Crippen LogP contribution in [0.4, 0.5) is 10.1 Å². The highest BCUT2D eigenvalue weighted by atomic mass is 19.1. The van der Waals surface area contributed by atoms with Crippen LogP contribution in [0, 0.1) is 5.82 Å². The number of para-hydroxylation sites is 1. The van der Waals surface area contributed by atoms with Crippen molar-refractivity contribution in [2.75, 3.05) is 11.4 Å². The molecule has 3 N–H and O–H groups in total. The van der Waals surface area contributed by atoms with Gasteiger partial charge in [-0.2, -0.15) is 0 Å². The van der Waals surface area contributed by atoms with Gasteiger partial charge in [-0.1, -0.05) is 60.7 Å². The van der Waals surface area contributed by atoms with E-state index in [9.17, 15) is 14.0 Å². The van der Waals surface area contributed by atoms with Gasteiger partial charge in [0, 0.05) is 17.7 Å². The maximum absolute atomic E-state index is 14.8. The first-order chi connectivity index (χ1) is 16.0. The molecule has 0 aliphatic carbocycles. The first kappa shape index (κ1) is 21.0. The van der Waals surface area contributed by atoms with Crippen LogP contribution in [-0.2, 0) is 22.4 Å². The summed E-state index contributed by atoms with van der Waals surface area (Å²) in [7, 11) is 0. The van der Waals surface area contributed by atoms with E-state index in [0.717, 1.165) is 16.8 Å². The van der Waals surface area contributed by atoms with Gasteiger partial charge in [-0.3, -0.25) is 9.59 Å². The van der Waals surface area contributed by atoms with E-state index in [-0.39, 0.29) is 11.5 Å². The van der Waals surface area contributed by atoms with Crippen LogP contribution in [0.25, 0.3) is 0 Å². The third-order valence-electron chi connectivity index (χ3n) is 6.05. The molecule has 0 bridgehead atoms. The molecule has 0 radical (unpaired) electrons. The number of hydrogen-bond donors (Lipinski definition) is 2. The van der Waals surface area contributed by atoms with Crippen LogP contribution < -0.4 is 16.0 Å². The molecule has 3 aromatic rings. The predicted molar refractivity (Wildman–Crippen MR) is 125 cm³/mol. The number of rotatable bonds is 5. The van der Waals surface area contributed by atoms with E-state index in [1.54, 1.807) is 23.1 Å². The van der Waals surface area contributed by atoms with E-state index < -0.39 is 23.9 Å². The number of carbonyl (C=O) groups excluding carboxylic acids is 2. The Bertz CT molecular complexity index is 1260. The molecule has 33 heavy (non-hydrogen) atoms. The van der Waals surface area contributed by atoms with Gasteiger partial charge in [0.2, 0.25) is 12.1 Å². The first-order valence-electron chi connectivity index (χ1n) is 10.9. The van der Waals surface area contributed by atoms with E-state index in [1.165, 1.54) is 6.07 Å². The van der Waals surface area contributed by atoms with E-state index in [4.69, 9.17) is 5.73 Å².